The standard InChI is InChI=1S/C8H7BrClO/c1-2-11-8-4-3-6(10)5-7(8)9/h4-5H,2H2,1H3. The van der Waals surface area contributed by atoms with Gasteiger partial charge in [-0.1, -0.05) is 11.6 Å². The molecule has 3 heteroatoms. The van der Waals surface area contributed by atoms with E-state index in [4.69, 9.17) is 16.3 Å². The molecule has 0 amide bonds. The van der Waals surface area contributed by atoms with Crippen molar-refractivity contribution in [1.82, 2.24) is 0 Å². The van der Waals surface area contributed by atoms with Gasteiger partial charge in [-0.3, -0.25) is 0 Å². The molecule has 0 heterocycles. The lowest BCUT2D eigenvalue weighted by atomic mass is 10.3. The second-order valence-electron chi connectivity index (χ2n) is 1.93. The molecule has 59 valence electrons. The molecule has 0 aliphatic carbocycles. The topological polar surface area (TPSA) is 9.23 Å². The predicted octanol–water partition coefficient (Wildman–Crippen LogP) is 3.30. The van der Waals surface area contributed by atoms with Crippen LogP contribution in [-0.4, -0.2) is 6.61 Å². The van der Waals surface area contributed by atoms with Crippen molar-refractivity contribution >= 4 is 27.5 Å². The summed E-state index contributed by atoms with van der Waals surface area (Å²) in [5.41, 5.74) is 0. The van der Waals surface area contributed by atoms with Gasteiger partial charge < -0.3 is 4.74 Å². The number of hydrogen-bond acceptors (Lipinski definition) is 1. The molecule has 1 radical (unpaired) electrons. The van der Waals surface area contributed by atoms with Crippen molar-refractivity contribution in [2.24, 2.45) is 0 Å². The molecule has 0 aliphatic heterocycles. The van der Waals surface area contributed by atoms with E-state index in [1.165, 1.54) is 0 Å². The summed E-state index contributed by atoms with van der Waals surface area (Å²) in [6.07, 6.45) is 0. The van der Waals surface area contributed by atoms with E-state index in [-0.39, 0.29) is 0 Å². The zero-order valence-corrected chi connectivity index (χ0v) is 8.37. The predicted molar refractivity (Wildman–Crippen MR) is 49.2 cm³/mol. The summed E-state index contributed by atoms with van der Waals surface area (Å²) in [6.45, 7) is 2.58. The van der Waals surface area contributed by atoms with E-state index < -0.39 is 0 Å². The van der Waals surface area contributed by atoms with Gasteiger partial charge in [0, 0.05) is 11.1 Å². The van der Waals surface area contributed by atoms with Crippen molar-refractivity contribution < 1.29 is 4.74 Å². The molecule has 0 N–H and O–H groups in total. The van der Waals surface area contributed by atoms with Crippen LogP contribution in [0.15, 0.2) is 16.6 Å². The maximum absolute atomic E-state index is 5.68. The van der Waals surface area contributed by atoms with Gasteiger partial charge in [0.25, 0.3) is 0 Å². The van der Waals surface area contributed by atoms with Crippen molar-refractivity contribution in [3.63, 3.8) is 0 Å². The summed E-state index contributed by atoms with van der Waals surface area (Å²) in [5.74, 6) is 0.775. The number of hydrogen-bond donors (Lipinski definition) is 0. The molecule has 0 saturated heterocycles. The molecule has 0 unspecified atom stereocenters. The first-order valence-electron chi connectivity index (χ1n) is 3.23. The van der Waals surface area contributed by atoms with Gasteiger partial charge in [-0.2, -0.15) is 0 Å². The summed E-state index contributed by atoms with van der Waals surface area (Å²) in [7, 11) is 0. The highest BCUT2D eigenvalue weighted by Crippen LogP contribution is 2.27. The minimum absolute atomic E-state index is 0.584. The fraction of sp³-hybridized carbons (Fsp3) is 0.250. The van der Waals surface area contributed by atoms with E-state index in [2.05, 4.69) is 22.0 Å². The van der Waals surface area contributed by atoms with Crippen LogP contribution in [0.3, 0.4) is 0 Å². The Bertz CT molecular complexity index is 250. The number of ether oxygens (including phenoxy) is 1. The van der Waals surface area contributed by atoms with E-state index in [0.717, 1.165) is 10.2 Å². The number of benzene rings is 1. The van der Waals surface area contributed by atoms with Crippen molar-refractivity contribution in [2.75, 3.05) is 6.61 Å². The Labute approximate surface area is 79.4 Å². The summed E-state index contributed by atoms with van der Waals surface area (Å²) < 4.78 is 6.12. The normalized spacial score (nSPS) is 9.73. The minimum atomic E-state index is 0.584. The molecular weight excluding hydrogens is 227 g/mol. The third kappa shape index (κ3) is 2.38. The van der Waals surface area contributed by atoms with Crippen molar-refractivity contribution in [2.45, 2.75) is 6.92 Å². The van der Waals surface area contributed by atoms with Crippen molar-refractivity contribution in [3.05, 3.63) is 27.7 Å². The number of halogens is 2. The van der Waals surface area contributed by atoms with Crippen LogP contribution < -0.4 is 4.74 Å². The third-order valence-electron chi connectivity index (χ3n) is 1.13. The lowest BCUT2D eigenvalue weighted by Crippen LogP contribution is -1.91. The van der Waals surface area contributed by atoms with Gasteiger partial charge in [0.1, 0.15) is 5.75 Å². The van der Waals surface area contributed by atoms with Gasteiger partial charge in [-0.25, -0.2) is 0 Å². The summed E-state index contributed by atoms with van der Waals surface area (Å²) in [6, 6.07) is 6.31. The Morgan fingerprint density at radius 2 is 2.45 bits per heavy atom. The highest BCUT2D eigenvalue weighted by Gasteiger charge is 1.99. The Morgan fingerprint density at radius 3 is 3.00 bits per heavy atom. The molecule has 0 aromatic heterocycles. The lowest BCUT2D eigenvalue weighted by molar-refractivity contribution is 0.338. The quantitative estimate of drug-likeness (QED) is 0.763. The zero-order chi connectivity index (χ0) is 8.27. The summed E-state index contributed by atoms with van der Waals surface area (Å²) in [5, 5.41) is 0.584. The third-order valence-corrected chi connectivity index (χ3v) is 1.97. The first kappa shape index (κ1) is 8.88. The molecule has 1 nitrogen and oxygen atoms in total. The van der Waals surface area contributed by atoms with E-state index in [9.17, 15) is 0 Å². The molecule has 1 aromatic rings. The average molecular weight is 234 g/mol. The molecule has 0 bridgehead atoms. The molecular formula is C8H7BrClO. The second-order valence-corrected chi connectivity index (χ2v) is 3.19. The van der Waals surface area contributed by atoms with Gasteiger partial charge in [-0.05, 0) is 35.0 Å². The van der Waals surface area contributed by atoms with Gasteiger partial charge in [0.15, 0.2) is 0 Å². The Hall–Kier alpha value is -0.210. The van der Waals surface area contributed by atoms with E-state index >= 15 is 0 Å². The van der Waals surface area contributed by atoms with Crippen LogP contribution in [0, 0.1) is 6.07 Å². The van der Waals surface area contributed by atoms with E-state index in [1.807, 2.05) is 6.92 Å². The highest BCUT2D eigenvalue weighted by atomic mass is 79.9. The maximum atomic E-state index is 5.68. The Balaban J connectivity index is 2.90. The molecule has 11 heavy (non-hydrogen) atoms. The molecule has 0 aliphatic rings. The molecule has 1 aromatic carbocycles. The second kappa shape index (κ2) is 3.98. The van der Waals surface area contributed by atoms with Gasteiger partial charge in [0.05, 0.1) is 11.1 Å². The molecule has 0 fully saturated rings. The summed E-state index contributed by atoms with van der Waals surface area (Å²) in [4.78, 5) is 0. The number of rotatable bonds is 2. The van der Waals surface area contributed by atoms with Crippen molar-refractivity contribution in [3.8, 4) is 5.75 Å². The smallest absolute Gasteiger partial charge is 0.134 e. The maximum Gasteiger partial charge on any atom is 0.134 e. The van der Waals surface area contributed by atoms with E-state index in [0.29, 0.717) is 11.6 Å². The zero-order valence-electron chi connectivity index (χ0n) is 6.03. The van der Waals surface area contributed by atoms with Crippen LogP contribution in [-0.2, 0) is 0 Å². The van der Waals surface area contributed by atoms with Crippen LogP contribution in [0.1, 0.15) is 6.92 Å². The van der Waals surface area contributed by atoms with Crippen LogP contribution in [0.4, 0.5) is 0 Å². The van der Waals surface area contributed by atoms with Crippen LogP contribution in [0.2, 0.25) is 5.02 Å². The lowest BCUT2D eigenvalue weighted by Gasteiger charge is -2.04. The van der Waals surface area contributed by atoms with Gasteiger partial charge in [0.2, 0.25) is 0 Å². The first-order valence-corrected chi connectivity index (χ1v) is 4.40. The van der Waals surface area contributed by atoms with Crippen molar-refractivity contribution in [1.29, 1.82) is 0 Å². The summed E-state index contributed by atoms with van der Waals surface area (Å²) >= 11 is 8.99. The first-order chi connectivity index (χ1) is 5.24. The Kier molecular flexibility index (Phi) is 3.21. The minimum Gasteiger partial charge on any atom is -0.493 e. The van der Waals surface area contributed by atoms with Crippen LogP contribution in [0.25, 0.3) is 0 Å². The molecule has 0 saturated carbocycles. The molecule has 0 atom stereocenters. The monoisotopic (exact) mass is 233 g/mol. The largest absolute Gasteiger partial charge is 0.493 e. The van der Waals surface area contributed by atoms with Crippen LogP contribution >= 0.6 is 27.5 Å². The molecule has 0 spiro atoms. The van der Waals surface area contributed by atoms with Crippen LogP contribution in [0.5, 0.6) is 5.75 Å². The fourth-order valence-corrected chi connectivity index (χ4v) is 1.45. The van der Waals surface area contributed by atoms with E-state index in [1.54, 1.807) is 12.1 Å². The fourth-order valence-electron chi connectivity index (χ4n) is 0.694. The Morgan fingerprint density at radius 1 is 1.73 bits per heavy atom. The molecule has 1 rings (SSSR count). The van der Waals surface area contributed by atoms with Gasteiger partial charge >= 0.3 is 0 Å². The van der Waals surface area contributed by atoms with Gasteiger partial charge in [-0.15, -0.1) is 0 Å². The SMILES string of the molecule is CCOc1c[c]c(Cl)cc1Br. The highest BCUT2D eigenvalue weighted by molar-refractivity contribution is 9.10. The average Bonchev–Trinajstić information content (AvgIpc) is 1.95.